The minimum absolute atomic E-state index is 0.0147. The van der Waals surface area contributed by atoms with Crippen LogP contribution in [0.25, 0.3) is 0 Å². The number of halogens is 2. The number of hydrogen-bond donors (Lipinski definition) is 1. The van der Waals surface area contributed by atoms with Crippen LogP contribution in [-0.4, -0.2) is 47.8 Å². The molecule has 0 atom stereocenters. The van der Waals surface area contributed by atoms with E-state index in [0.29, 0.717) is 25.9 Å². The van der Waals surface area contributed by atoms with Crippen LogP contribution < -0.4 is 5.73 Å². The largest absolute Gasteiger partial charge is 0.368 e. The molecule has 0 unspecified atom stereocenters. The van der Waals surface area contributed by atoms with Crippen molar-refractivity contribution >= 4 is 11.8 Å². The fraction of sp³-hybridized carbons (Fsp3) is 0.556. The highest BCUT2D eigenvalue weighted by atomic mass is 19.2. The second-order valence-electron chi connectivity index (χ2n) is 7.10. The van der Waals surface area contributed by atoms with Gasteiger partial charge in [-0.15, -0.1) is 0 Å². The van der Waals surface area contributed by atoms with Crippen LogP contribution in [0.1, 0.15) is 31.2 Å². The van der Waals surface area contributed by atoms with Crippen molar-refractivity contribution in [3.63, 3.8) is 0 Å². The highest BCUT2D eigenvalue weighted by Gasteiger charge is 2.45. The lowest BCUT2D eigenvalue weighted by molar-refractivity contribution is -0.152. The molecule has 2 N–H and O–H groups in total. The van der Waals surface area contributed by atoms with Gasteiger partial charge in [0.2, 0.25) is 11.8 Å². The molecule has 5 nitrogen and oxygen atoms in total. The van der Waals surface area contributed by atoms with Crippen LogP contribution in [0.4, 0.5) is 8.78 Å². The minimum Gasteiger partial charge on any atom is -0.368 e. The monoisotopic (exact) mass is 351 g/mol. The first-order chi connectivity index (χ1) is 11.9. The average molecular weight is 351 g/mol. The Morgan fingerprint density at radius 2 is 1.84 bits per heavy atom. The fourth-order valence-corrected chi connectivity index (χ4v) is 3.99. The first-order valence-electron chi connectivity index (χ1n) is 8.64. The Hall–Kier alpha value is -2.02. The van der Waals surface area contributed by atoms with Gasteiger partial charge in [0.15, 0.2) is 11.6 Å². The molecule has 0 aliphatic carbocycles. The lowest BCUT2D eigenvalue weighted by Gasteiger charge is -2.46. The third-order valence-electron chi connectivity index (χ3n) is 5.37. The highest BCUT2D eigenvalue weighted by Crippen LogP contribution is 2.41. The van der Waals surface area contributed by atoms with Gasteiger partial charge in [-0.2, -0.15) is 0 Å². The molecule has 1 spiro atoms. The summed E-state index contributed by atoms with van der Waals surface area (Å²) in [6.07, 6.45) is 3.14. The molecule has 2 aliphatic heterocycles. The first kappa shape index (κ1) is 17.8. The minimum atomic E-state index is -0.844. The second-order valence-corrected chi connectivity index (χ2v) is 7.10. The van der Waals surface area contributed by atoms with Crippen LogP contribution >= 0.6 is 0 Å². The zero-order valence-corrected chi connectivity index (χ0v) is 14.1. The number of likely N-dealkylation sites (tertiary alicyclic amines) is 2. The maximum atomic E-state index is 13.3. The molecule has 25 heavy (non-hydrogen) atoms. The Balaban J connectivity index is 1.61. The van der Waals surface area contributed by atoms with E-state index in [1.807, 2.05) is 0 Å². The summed E-state index contributed by atoms with van der Waals surface area (Å²) in [6.45, 7) is 2.54. The number of benzene rings is 1. The molecule has 0 saturated carbocycles. The van der Waals surface area contributed by atoms with Crippen LogP contribution in [0, 0.1) is 17.0 Å². The summed E-state index contributed by atoms with van der Waals surface area (Å²) < 4.78 is 26.4. The van der Waals surface area contributed by atoms with E-state index in [9.17, 15) is 18.4 Å². The van der Waals surface area contributed by atoms with Crippen molar-refractivity contribution in [2.75, 3.05) is 26.2 Å². The summed E-state index contributed by atoms with van der Waals surface area (Å²) >= 11 is 0. The summed E-state index contributed by atoms with van der Waals surface area (Å²) in [6, 6.07) is 3.95. The van der Waals surface area contributed by atoms with E-state index in [4.69, 9.17) is 5.73 Å². The van der Waals surface area contributed by atoms with Gasteiger partial charge in [0.25, 0.3) is 0 Å². The smallest absolute Gasteiger partial charge is 0.237 e. The van der Waals surface area contributed by atoms with Gasteiger partial charge in [0.1, 0.15) is 0 Å². The molecule has 1 aromatic carbocycles. The van der Waals surface area contributed by atoms with Gasteiger partial charge in [0, 0.05) is 13.1 Å². The topological polar surface area (TPSA) is 66.6 Å². The summed E-state index contributed by atoms with van der Waals surface area (Å²) in [5.74, 6) is -2.13. The van der Waals surface area contributed by atoms with Crippen molar-refractivity contribution in [3.05, 3.63) is 35.4 Å². The fourth-order valence-electron chi connectivity index (χ4n) is 3.99. The molecule has 2 saturated heterocycles. The van der Waals surface area contributed by atoms with E-state index < -0.39 is 23.0 Å². The summed E-state index contributed by atoms with van der Waals surface area (Å²) in [7, 11) is 0. The molecule has 3 rings (SSSR count). The van der Waals surface area contributed by atoms with Gasteiger partial charge >= 0.3 is 0 Å². The van der Waals surface area contributed by atoms with E-state index in [0.717, 1.165) is 37.6 Å². The SMILES string of the molecule is NC(=O)CN1CCCC2(CCN(Cc3ccc(F)c(F)c3)CC2)C1=O. The maximum absolute atomic E-state index is 13.3. The van der Waals surface area contributed by atoms with Crippen molar-refractivity contribution in [1.82, 2.24) is 9.80 Å². The number of rotatable bonds is 4. The number of nitrogens with zero attached hydrogens (tertiary/aromatic N) is 2. The summed E-state index contributed by atoms with van der Waals surface area (Å²) in [5.41, 5.74) is 5.55. The molecule has 7 heteroatoms. The quantitative estimate of drug-likeness (QED) is 0.897. The first-order valence-corrected chi connectivity index (χ1v) is 8.64. The van der Waals surface area contributed by atoms with Crippen molar-refractivity contribution in [2.24, 2.45) is 11.1 Å². The van der Waals surface area contributed by atoms with Gasteiger partial charge < -0.3 is 10.6 Å². The molecule has 1 aromatic rings. The number of hydrogen-bond acceptors (Lipinski definition) is 3. The Morgan fingerprint density at radius 1 is 1.12 bits per heavy atom. The molecular weight excluding hydrogens is 328 g/mol. The Morgan fingerprint density at radius 3 is 2.48 bits per heavy atom. The molecule has 0 bridgehead atoms. The molecule has 2 aliphatic rings. The standard InChI is InChI=1S/C18H23F2N3O2/c19-14-3-2-13(10-15(14)20)11-22-8-5-18(6-9-22)4-1-7-23(17(18)25)12-16(21)24/h2-3,10H,1,4-9,11-12H2,(H2,21,24). The molecule has 2 amide bonds. The highest BCUT2D eigenvalue weighted by molar-refractivity contribution is 5.88. The number of nitrogens with two attached hydrogens (primary N) is 1. The third kappa shape index (κ3) is 3.81. The van der Waals surface area contributed by atoms with E-state index in [1.165, 1.54) is 6.07 Å². The van der Waals surface area contributed by atoms with Gasteiger partial charge in [-0.1, -0.05) is 6.07 Å². The Labute approximate surface area is 145 Å². The molecule has 0 aromatic heterocycles. The van der Waals surface area contributed by atoms with E-state index in [-0.39, 0.29) is 12.5 Å². The Bertz CT molecular complexity index is 672. The van der Waals surface area contributed by atoms with Crippen molar-refractivity contribution in [2.45, 2.75) is 32.2 Å². The number of carbonyl (C=O) groups is 2. The van der Waals surface area contributed by atoms with Gasteiger partial charge in [-0.05, 0) is 56.5 Å². The number of primary amides is 1. The van der Waals surface area contributed by atoms with Gasteiger partial charge in [-0.3, -0.25) is 14.5 Å². The number of piperidine rings is 2. The van der Waals surface area contributed by atoms with Crippen LogP contribution in [0.15, 0.2) is 18.2 Å². The molecule has 2 heterocycles. The molecular formula is C18H23F2N3O2. The van der Waals surface area contributed by atoms with Crippen LogP contribution in [0.2, 0.25) is 0 Å². The van der Waals surface area contributed by atoms with E-state index in [1.54, 1.807) is 11.0 Å². The molecule has 136 valence electrons. The van der Waals surface area contributed by atoms with Crippen LogP contribution in [0.3, 0.4) is 0 Å². The third-order valence-corrected chi connectivity index (χ3v) is 5.37. The van der Waals surface area contributed by atoms with Crippen LogP contribution in [0.5, 0.6) is 0 Å². The van der Waals surface area contributed by atoms with Crippen molar-refractivity contribution < 1.29 is 18.4 Å². The van der Waals surface area contributed by atoms with Crippen molar-refractivity contribution in [1.29, 1.82) is 0 Å². The zero-order valence-electron chi connectivity index (χ0n) is 14.1. The maximum Gasteiger partial charge on any atom is 0.237 e. The zero-order chi connectivity index (χ0) is 18.0. The number of carbonyl (C=O) groups excluding carboxylic acids is 2. The lowest BCUT2D eigenvalue weighted by Crippen LogP contribution is -2.55. The predicted molar refractivity (Wildman–Crippen MR) is 88.3 cm³/mol. The van der Waals surface area contributed by atoms with Crippen LogP contribution in [-0.2, 0) is 16.1 Å². The van der Waals surface area contributed by atoms with Crippen molar-refractivity contribution in [3.8, 4) is 0 Å². The van der Waals surface area contributed by atoms with E-state index >= 15 is 0 Å². The average Bonchev–Trinajstić information content (AvgIpc) is 2.57. The Kier molecular flexibility index (Phi) is 5.03. The summed E-state index contributed by atoms with van der Waals surface area (Å²) in [5, 5.41) is 0. The second kappa shape index (κ2) is 7.07. The lowest BCUT2D eigenvalue weighted by atomic mass is 9.71. The predicted octanol–water partition coefficient (Wildman–Crippen LogP) is 1.65. The van der Waals surface area contributed by atoms with Gasteiger partial charge in [0.05, 0.1) is 12.0 Å². The normalized spacial score (nSPS) is 20.9. The number of amides is 2. The molecule has 2 fully saturated rings. The van der Waals surface area contributed by atoms with E-state index in [2.05, 4.69) is 4.90 Å². The molecule has 0 radical (unpaired) electrons. The summed E-state index contributed by atoms with van der Waals surface area (Å²) in [4.78, 5) is 27.7. The van der Waals surface area contributed by atoms with Gasteiger partial charge in [-0.25, -0.2) is 8.78 Å².